The van der Waals surface area contributed by atoms with Crippen molar-refractivity contribution in [3.63, 3.8) is 0 Å². The molecule has 0 saturated carbocycles. The quantitative estimate of drug-likeness (QED) is 0.694. The molecule has 168 valence electrons. The monoisotopic (exact) mass is 445 g/mol. The molecule has 2 atom stereocenters. The number of ether oxygens (including phenoxy) is 1. The number of likely N-dealkylation sites (tertiary alicyclic amines) is 1. The van der Waals surface area contributed by atoms with Crippen LogP contribution in [0.5, 0.6) is 0 Å². The summed E-state index contributed by atoms with van der Waals surface area (Å²) in [4.78, 5) is 23.0. The number of carbonyl (C=O) groups is 1. The van der Waals surface area contributed by atoms with Gasteiger partial charge in [0.15, 0.2) is 0 Å². The molecule has 0 N–H and O–H groups in total. The second kappa shape index (κ2) is 9.76. The average Bonchev–Trinajstić information content (AvgIpc) is 3.09. The average molecular weight is 446 g/mol. The van der Waals surface area contributed by atoms with Gasteiger partial charge in [0.25, 0.3) is 5.91 Å². The van der Waals surface area contributed by atoms with Crippen LogP contribution in [0.1, 0.15) is 52.6 Å². The van der Waals surface area contributed by atoms with E-state index in [1.54, 1.807) is 12.1 Å². The van der Waals surface area contributed by atoms with Gasteiger partial charge in [0, 0.05) is 39.1 Å². The number of thiazole rings is 1. The van der Waals surface area contributed by atoms with Gasteiger partial charge in [-0.3, -0.25) is 9.69 Å². The van der Waals surface area contributed by atoms with Gasteiger partial charge < -0.3 is 9.64 Å². The Labute approximate surface area is 188 Å². The molecule has 2 saturated heterocycles. The van der Waals surface area contributed by atoms with E-state index >= 15 is 0 Å². The summed E-state index contributed by atoms with van der Waals surface area (Å²) in [7, 11) is 0. The minimum absolute atomic E-state index is 0.104. The van der Waals surface area contributed by atoms with E-state index in [0.29, 0.717) is 24.5 Å². The van der Waals surface area contributed by atoms with Gasteiger partial charge >= 0.3 is 0 Å². The van der Waals surface area contributed by atoms with Crippen molar-refractivity contribution < 1.29 is 13.9 Å². The molecular formula is C24H32FN3O2S. The zero-order valence-electron chi connectivity index (χ0n) is 18.6. The van der Waals surface area contributed by atoms with E-state index in [-0.39, 0.29) is 11.7 Å². The molecule has 4 rings (SSSR count). The fourth-order valence-electron chi connectivity index (χ4n) is 4.76. The van der Waals surface area contributed by atoms with Gasteiger partial charge in [-0.25, -0.2) is 9.37 Å². The van der Waals surface area contributed by atoms with E-state index in [1.165, 1.54) is 23.5 Å². The second-order valence-corrected chi connectivity index (χ2v) is 10.1. The van der Waals surface area contributed by atoms with E-state index in [0.717, 1.165) is 66.7 Å². The van der Waals surface area contributed by atoms with Crippen LogP contribution < -0.4 is 0 Å². The van der Waals surface area contributed by atoms with Crippen LogP contribution >= 0.6 is 11.3 Å². The van der Waals surface area contributed by atoms with Crippen molar-refractivity contribution in [2.24, 2.45) is 5.92 Å². The number of benzene rings is 1. The lowest BCUT2D eigenvalue weighted by Crippen LogP contribution is -2.48. The zero-order chi connectivity index (χ0) is 22.0. The molecule has 0 radical (unpaired) electrons. The fraction of sp³-hybridized carbons (Fsp3) is 0.583. The minimum Gasteiger partial charge on any atom is -0.373 e. The van der Waals surface area contributed by atoms with Gasteiger partial charge in [0.05, 0.1) is 22.9 Å². The Bertz CT molecular complexity index is 883. The maximum Gasteiger partial charge on any atom is 0.265 e. The summed E-state index contributed by atoms with van der Waals surface area (Å²) in [5, 5.41) is 0.901. The summed E-state index contributed by atoms with van der Waals surface area (Å²) >= 11 is 1.47. The van der Waals surface area contributed by atoms with Gasteiger partial charge in [-0.1, -0.05) is 12.1 Å². The van der Waals surface area contributed by atoms with E-state index in [4.69, 9.17) is 4.74 Å². The molecule has 2 aliphatic heterocycles. The first-order chi connectivity index (χ1) is 14.9. The van der Waals surface area contributed by atoms with E-state index in [1.807, 2.05) is 11.8 Å². The van der Waals surface area contributed by atoms with E-state index in [2.05, 4.69) is 23.7 Å². The summed E-state index contributed by atoms with van der Waals surface area (Å²) in [6, 6.07) is 6.47. The Morgan fingerprint density at radius 2 is 1.81 bits per heavy atom. The van der Waals surface area contributed by atoms with Crippen molar-refractivity contribution in [1.82, 2.24) is 14.8 Å². The van der Waals surface area contributed by atoms with Crippen molar-refractivity contribution >= 4 is 17.2 Å². The normalized spacial score (nSPS) is 23.3. The highest BCUT2D eigenvalue weighted by atomic mass is 32.1. The number of amides is 1. The summed E-state index contributed by atoms with van der Waals surface area (Å²) in [5.41, 5.74) is 1.80. The maximum atomic E-state index is 13.1. The molecule has 2 unspecified atom stereocenters. The summed E-state index contributed by atoms with van der Waals surface area (Å²) in [6.45, 7) is 10.9. The number of hydrogen-bond donors (Lipinski definition) is 0. The third kappa shape index (κ3) is 5.70. The third-order valence-electron chi connectivity index (χ3n) is 6.22. The molecule has 3 heterocycles. The molecule has 1 aromatic carbocycles. The molecule has 1 aromatic heterocycles. The van der Waals surface area contributed by atoms with Gasteiger partial charge in [0.1, 0.15) is 10.7 Å². The molecule has 0 bridgehead atoms. The van der Waals surface area contributed by atoms with Crippen LogP contribution in [0.15, 0.2) is 24.3 Å². The third-order valence-corrected chi connectivity index (χ3v) is 7.36. The highest BCUT2D eigenvalue weighted by Crippen LogP contribution is 2.26. The minimum atomic E-state index is -0.240. The number of piperidine rings is 1. The molecule has 5 nitrogen and oxygen atoms in total. The Morgan fingerprint density at radius 3 is 2.45 bits per heavy atom. The lowest BCUT2D eigenvalue weighted by Gasteiger charge is -2.39. The molecule has 1 amide bonds. The predicted octanol–water partition coefficient (Wildman–Crippen LogP) is 4.14. The van der Waals surface area contributed by atoms with E-state index < -0.39 is 0 Å². The number of morpholine rings is 1. The lowest BCUT2D eigenvalue weighted by atomic mass is 9.95. The van der Waals surface area contributed by atoms with Gasteiger partial charge in [-0.05, 0) is 57.2 Å². The van der Waals surface area contributed by atoms with Gasteiger partial charge in [-0.15, -0.1) is 11.3 Å². The number of nitrogens with zero attached hydrogens (tertiary/aromatic N) is 3. The first-order valence-electron chi connectivity index (χ1n) is 11.2. The number of aromatic nitrogens is 1. The fourth-order valence-corrected chi connectivity index (χ4v) is 5.83. The molecule has 2 aliphatic rings. The van der Waals surface area contributed by atoms with Crippen LogP contribution in [0, 0.1) is 18.7 Å². The Balaban J connectivity index is 1.31. The standard InChI is InChI=1S/C24H32FN3O2S/c1-16-13-27(14-17(2)30-16)15-20-8-10-28(11-9-20)24(29)23-18(3)26-22(31-23)12-19-4-6-21(25)7-5-19/h4-7,16-17,20H,8-15H2,1-3H3. The van der Waals surface area contributed by atoms with Crippen molar-refractivity contribution in [3.8, 4) is 0 Å². The van der Waals surface area contributed by atoms with Crippen molar-refractivity contribution in [2.75, 3.05) is 32.7 Å². The number of rotatable bonds is 5. The molecule has 2 fully saturated rings. The first kappa shape index (κ1) is 22.4. The van der Waals surface area contributed by atoms with Gasteiger partial charge in [-0.2, -0.15) is 0 Å². The van der Waals surface area contributed by atoms with Crippen LogP contribution in [0.3, 0.4) is 0 Å². The van der Waals surface area contributed by atoms with Crippen molar-refractivity contribution in [3.05, 3.63) is 51.2 Å². The molecule has 31 heavy (non-hydrogen) atoms. The largest absolute Gasteiger partial charge is 0.373 e. The summed E-state index contributed by atoms with van der Waals surface area (Å²) in [5.74, 6) is 0.501. The molecule has 2 aromatic rings. The molecular weight excluding hydrogens is 413 g/mol. The van der Waals surface area contributed by atoms with Crippen LogP contribution in [0.2, 0.25) is 0 Å². The Morgan fingerprint density at radius 1 is 1.16 bits per heavy atom. The Kier molecular flexibility index (Phi) is 7.04. The molecule has 7 heteroatoms. The molecule has 0 spiro atoms. The van der Waals surface area contributed by atoms with Crippen LogP contribution in [0.25, 0.3) is 0 Å². The summed E-state index contributed by atoms with van der Waals surface area (Å²) < 4.78 is 19.0. The second-order valence-electron chi connectivity index (χ2n) is 9.04. The predicted molar refractivity (Wildman–Crippen MR) is 121 cm³/mol. The van der Waals surface area contributed by atoms with Gasteiger partial charge in [0.2, 0.25) is 0 Å². The van der Waals surface area contributed by atoms with Crippen LogP contribution in [-0.2, 0) is 11.2 Å². The van der Waals surface area contributed by atoms with E-state index in [9.17, 15) is 9.18 Å². The lowest BCUT2D eigenvalue weighted by molar-refractivity contribution is -0.0728. The first-order valence-corrected chi connectivity index (χ1v) is 12.1. The summed E-state index contributed by atoms with van der Waals surface area (Å²) in [6.07, 6.45) is 3.31. The maximum absolute atomic E-state index is 13.1. The van der Waals surface area contributed by atoms with Crippen molar-refractivity contribution in [2.45, 2.75) is 52.2 Å². The number of hydrogen-bond acceptors (Lipinski definition) is 5. The Hall–Kier alpha value is -1.83. The molecule has 0 aliphatic carbocycles. The SMILES string of the molecule is Cc1nc(Cc2ccc(F)cc2)sc1C(=O)N1CCC(CN2CC(C)OC(C)C2)CC1. The highest BCUT2D eigenvalue weighted by Gasteiger charge is 2.29. The highest BCUT2D eigenvalue weighted by molar-refractivity contribution is 7.13. The number of aryl methyl sites for hydroxylation is 1. The van der Waals surface area contributed by atoms with Crippen molar-refractivity contribution in [1.29, 1.82) is 0 Å². The number of carbonyl (C=O) groups excluding carboxylic acids is 1. The zero-order valence-corrected chi connectivity index (χ0v) is 19.5. The van der Waals surface area contributed by atoms with Crippen LogP contribution in [-0.4, -0.2) is 65.6 Å². The topological polar surface area (TPSA) is 45.7 Å². The number of halogens is 1. The smallest absolute Gasteiger partial charge is 0.265 e. The van der Waals surface area contributed by atoms with Crippen LogP contribution in [0.4, 0.5) is 4.39 Å².